The molecule has 0 spiro atoms. The number of rotatable bonds is 4. The van der Waals surface area contributed by atoms with Crippen LogP contribution in [0.25, 0.3) is 0 Å². The topological polar surface area (TPSA) is 66.5 Å². The van der Waals surface area contributed by atoms with E-state index in [4.69, 9.17) is 11.6 Å². The first kappa shape index (κ1) is 17.2. The number of fused-ring (bicyclic) bond motifs is 1. The Kier molecular flexibility index (Phi) is 5.06. The number of nitrogens with zero attached hydrogens (tertiary/aromatic N) is 1. The van der Waals surface area contributed by atoms with E-state index in [1.807, 2.05) is 12.1 Å². The number of benzene rings is 1. The number of likely N-dealkylation sites (tertiary alicyclic amines) is 1. The van der Waals surface area contributed by atoms with Gasteiger partial charge in [0.05, 0.1) is 11.8 Å². The first-order valence-electron chi connectivity index (χ1n) is 7.71. The van der Waals surface area contributed by atoms with Crippen LogP contribution in [-0.4, -0.2) is 29.2 Å². The van der Waals surface area contributed by atoms with Crippen LogP contribution < -0.4 is 5.32 Å². The van der Waals surface area contributed by atoms with Gasteiger partial charge in [-0.25, -0.2) is 0 Å². The lowest BCUT2D eigenvalue weighted by Gasteiger charge is -2.17. The molecule has 1 aromatic rings. The molecule has 0 radical (unpaired) electrons. The van der Waals surface area contributed by atoms with Gasteiger partial charge >= 0.3 is 0 Å². The summed E-state index contributed by atoms with van der Waals surface area (Å²) in [7, 11) is 0. The van der Waals surface area contributed by atoms with Crippen molar-refractivity contribution in [3.05, 3.63) is 39.8 Å². The van der Waals surface area contributed by atoms with Gasteiger partial charge in [-0.15, -0.1) is 0 Å². The number of nitrogens with one attached hydrogen (secondary N) is 1. The molecule has 0 aromatic heterocycles. The van der Waals surface area contributed by atoms with E-state index in [0.29, 0.717) is 23.6 Å². The number of carbonyl (C=O) groups is 3. The van der Waals surface area contributed by atoms with E-state index in [1.165, 1.54) is 4.90 Å². The van der Waals surface area contributed by atoms with Crippen LogP contribution in [0.2, 0.25) is 0 Å². The predicted molar refractivity (Wildman–Crippen MR) is 94.3 cm³/mol. The smallest absolute Gasteiger partial charge is 0.233 e. The molecule has 5 nitrogen and oxygen atoms in total. The Labute approximate surface area is 153 Å². The van der Waals surface area contributed by atoms with Crippen molar-refractivity contribution in [3.8, 4) is 0 Å². The van der Waals surface area contributed by atoms with Crippen molar-refractivity contribution >= 4 is 50.9 Å². The van der Waals surface area contributed by atoms with Gasteiger partial charge in [0.15, 0.2) is 0 Å². The minimum Gasteiger partial charge on any atom is -0.326 e. The van der Waals surface area contributed by atoms with Crippen molar-refractivity contribution in [3.63, 3.8) is 0 Å². The number of amides is 3. The van der Waals surface area contributed by atoms with Crippen molar-refractivity contribution in [2.24, 2.45) is 11.8 Å². The van der Waals surface area contributed by atoms with E-state index in [0.717, 1.165) is 4.47 Å². The third-order valence-electron chi connectivity index (χ3n) is 4.35. The van der Waals surface area contributed by atoms with Crippen LogP contribution in [0, 0.1) is 11.8 Å². The lowest BCUT2D eigenvalue weighted by atomic mass is 9.85. The molecule has 1 saturated heterocycles. The SMILES string of the molecule is O=C(CCN1C(=O)[C@H]2CC=C(Cl)C[C@H]2C1=O)Nc1ccc(Br)cc1. The molecule has 1 aromatic carbocycles. The summed E-state index contributed by atoms with van der Waals surface area (Å²) in [5.41, 5.74) is 0.673. The van der Waals surface area contributed by atoms with Crippen LogP contribution in [0.3, 0.4) is 0 Å². The maximum atomic E-state index is 12.4. The van der Waals surface area contributed by atoms with Gasteiger partial charge in [-0.1, -0.05) is 33.6 Å². The molecule has 126 valence electrons. The number of carbonyl (C=O) groups excluding carboxylic acids is 3. The summed E-state index contributed by atoms with van der Waals surface area (Å²) in [4.78, 5) is 38.0. The van der Waals surface area contributed by atoms with Gasteiger partial charge in [0.2, 0.25) is 17.7 Å². The summed E-state index contributed by atoms with van der Waals surface area (Å²) >= 11 is 9.31. The molecule has 0 saturated carbocycles. The number of halogens is 2. The Morgan fingerprint density at radius 3 is 2.58 bits per heavy atom. The molecule has 7 heteroatoms. The molecule has 24 heavy (non-hydrogen) atoms. The molecule has 2 atom stereocenters. The zero-order valence-corrected chi connectivity index (χ0v) is 15.1. The Hall–Kier alpha value is -1.66. The highest BCUT2D eigenvalue weighted by Crippen LogP contribution is 2.38. The van der Waals surface area contributed by atoms with E-state index in [2.05, 4.69) is 21.2 Å². The molecule has 2 aliphatic rings. The number of hydrogen-bond acceptors (Lipinski definition) is 3. The molecule has 1 heterocycles. The van der Waals surface area contributed by atoms with E-state index >= 15 is 0 Å². The molecular weight excluding hydrogens is 396 g/mol. The third kappa shape index (κ3) is 3.54. The molecular formula is C17H16BrClN2O3. The number of allylic oxidation sites excluding steroid dienone is 2. The maximum absolute atomic E-state index is 12.4. The van der Waals surface area contributed by atoms with Gasteiger partial charge < -0.3 is 5.32 Å². The van der Waals surface area contributed by atoms with E-state index < -0.39 is 0 Å². The van der Waals surface area contributed by atoms with Gasteiger partial charge in [0.25, 0.3) is 0 Å². The quantitative estimate of drug-likeness (QED) is 0.773. The van der Waals surface area contributed by atoms with E-state index in [1.54, 1.807) is 18.2 Å². The second-order valence-corrected chi connectivity index (χ2v) is 7.34. The van der Waals surface area contributed by atoms with Crippen LogP contribution in [-0.2, 0) is 14.4 Å². The van der Waals surface area contributed by atoms with Crippen LogP contribution in [0.1, 0.15) is 19.3 Å². The first-order valence-corrected chi connectivity index (χ1v) is 8.88. The molecule has 1 fully saturated rings. The molecule has 3 rings (SSSR count). The zero-order chi connectivity index (χ0) is 17.3. The standard InChI is InChI=1S/C17H16BrClN2O3/c18-10-1-4-12(5-2-10)20-15(22)7-8-21-16(23)13-6-3-11(19)9-14(13)17(21)24/h1-5,13-14H,6-9H2,(H,20,22)/t13-,14+/m0/s1. The monoisotopic (exact) mass is 410 g/mol. The van der Waals surface area contributed by atoms with Crippen LogP contribution in [0.5, 0.6) is 0 Å². The summed E-state index contributed by atoms with van der Waals surface area (Å²) in [6.07, 6.45) is 2.79. The Balaban J connectivity index is 1.57. The summed E-state index contributed by atoms with van der Waals surface area (Å²) in [6.45, 7) is 0.102. The fraction of sp³-hybridized carbons (Fsp3) is 0.353. The molecule has 3 amide bonds. The van der Waals surface area contributed by atoms with Gasteiger partial charge in [-0.05, 0) is 37.1 Å². The minimum atomic E-state index is -0.371. The average Bonchev–Trinajstić information content (AvgIpc) is 2.78. The molecule has 0 unspecified atom stereocenters. The highest BCUT2D eigenvalue weighted by Gasteiger charge is 2.48. The van der Waals surface area contributed by atoms with Gasteiger partial charge in [-0.2, -0.15) is 0 Å². The summed E-state index contributed by atoms with van der Waals surface area (Å²) < 4.78 is 0.920. The van der Waals surface area contributed by atoms with Gasteiger partial charge in [0, 0.05) is 28.2 Å². The zero-order valence-electron chi connectivity index (χ0n) is 12.8. The van der Waals surface area contributed by atoms with E-state index in [-0.39, 0.29) is 42.5 Å². The largest absolute Gasteiger partial charge is 0.326 e. The lowest BCUT2D eigenvalue weighted by Crippen LogP contribution is -2.34. The van der Waals surface area contributed by atoms with Crippen LogP contribution in [0.4, 0.5) is 5.69 Å². The van der Waals surface area contributed by atoms with Crippen molar-refractivity contribution in [2.75, 3.05) is 11.9 Å². The van der Waals surface area contributed by atoms with Gasteiger partial charge in [0.1, 0.15) is 0 Å². The van der Waals surface area contributed by atoms with Crippen molar-refractivity contribution in [2.45, 2.75) is 19.3 Å². The average molecular weight is 412 g/mol. The Morgan fingerprint density at radius 1 is 1.21 bits per heavy atom. The number of anilines is 1. The second-order valence-electron chi connectivity index (χ2n) is 5.94. The van der Waals surface area contributed by atoms with E-state index in [9.17, 15) is 14.4 Å². The highest BCUT2D eigenvalue weighted by atomic mass is 79.9. The molecule has 0 bridgehead atoms. The van der Waals surface area contributed by atoms with Crippen molar-refractivity contribution in [1.29, 1.82) is 0 Å². The minimum absolute atomic E-state index is 0.0775. The number of hydrogen-bond donors (Lipinski definition) is 1. The Morgan fingerprint density at radius 2 is 1.88 bits per heavy atom. The van der Waals surface area contributed by atoms with Gasteiger partial charge in [-0.3, -0.25) is 19.3 Å². The Bertz CT molecular complexity index is 717. The molecule has 1 N–H and O–H groups in total. The first-order chi connectivity index (χ1) is 11.5. The summed E-state index contributed by atoms with van der Waals surface area (Å²) in [6, 6.07) is 7.20. The van der Waals surface area contributed by atoms with Crippen molar-refractivity contribution < 1.29 is 14.4 Å². The van der Waals surface area contributed by atoms with Crippen molar-refractivity contribution in [1.82, 2.24) is 4.90 Å². The maximum Gasteiger partial charge on any atom is 0.233 e. The second kappa shape index (κ2) is 7.07. The van der Waals surface area contributed by atoms with Crippen LogP contribution >= 0.6 is 27.5 Å². The molecule has 1 aliphatic carbocycles. The fourth-order valence-electron chi connectivity index (χ4n) is 3.09. The summed E-state index contributed by atoms with van der Waals surface area (Å²) in [5.74, 6) is -1.34. The number of imide groups is 1. The highest BCUT2D eigenvalue weighted by molar-refractivity contribution is 9.10. The van der Waals surface area contributed by atoms with Crippen LogP contribution in [0.15, 0.2) is 39.8 Å². The lowest BCUT2D eigenvalue weighted by molar-refractivity contribution is -0.140. The normalized spacial score (nSPS) is 23.1. The summed E-state index contributed by atoms with van der Waals surface area (Å²) in [5, 5.41) is 3.38. The third-order valence-corrected chi connectivity index (χ3v) is 5.19. The fourth-order valence-corrected chi connectivity index (χ4v) is 3.61. The molecule has 1 aliphatic heterocycles. The predicted octanol–water partition coefficient (Wildman–Crippen LogP) is 3.30.